The number of hydrogen-bond acceptors (Lipinski definition) is 3. The third-order valence-electron chi connectivity index (χ3n) is 4.77. The minimum atomic E-state index is -0.531. The molecule has 2 atom stereocenters. The highest BCUT2D eigenvalue weighted by molar-refractivity contribution is 5.97. The molecule has 2 heterocycles. The monoisotopic (exact) mass is 314 g/mol. The molecule has 0 aliphatic carbocycles. The van der Waals surface area contributed by atoms with Crippen LogP contribution >= 0.6 is 0 Å². The van der Waals surface area contributed by atoms with Gasteiger partial charge in [0.05, 0.1) is 11.6 Å². The Morgan fingerprint density at radius 1 is 1.35 bits per heavy atom. The maximum absolute atomic E-state index is 12.7. The van der Waals surface area contributed by atoms with Crippen molar-refractivity contribution in [3.63, 3.8) is 0 Å². The molecule has 0 radical (unpaired) electrons. The number of hydrogen-bond donors (Lipinski definition) is 2. The fraction of sp³-hybridized carbons (Fsp3) is 0.444. The molecule has 1 aromatic heterocycles. The number of benzene rings is 1. The average Bonchev–Trinajstić information content (AvgIpc) is 2.50. The highest BCUT2D eigenvalue weighted by atomic mass is 16.3. The lowest BCUT2D eigenvalue weighted by atomic mass is 9.95. The van der Waals surface area contributed by atoms with Gasteiger partial charge in [-0.1, -0.05) is 13.0 Å². The van der Waals surface area contributed by atoms with E-state index in [0.29, 0.717) is 11.9 Å². The Kier molecular flexibility index (Phi) is 3.98. The minimum absolute atomic E-state index is 0.143. The Labute approximate surface area is 134 Å². The van der Waals surface area contributed by atoms with Crippen molar-refractivity contribution in [2.45, 2.75) is 33.3 Å². The van der Waals surface area contributed by atoms with Crippen molar-refractivity contribution in [3.8, 4) is 0 Å². The van der Waals surface area contributed by atoms with Crippen molar-refractivity contribution >= 4 is 16.8 Å². The summed E-state index contributed by atoms with van der Waals surface area (Å²) in [6.45, 7) is 6.70. The van der Waals surface area contributed by atoms with Gasteiger partial charge in [-0.2, -0.15) is 0 Å². The van der Waals surface area contributed by atoms with Crippen molar-refractivity contribution in [3.05, 3.63) is 45.2 Å². The molecule has 1 saturated heterocycles. The van der Waals surface area contributed by atoms with Crippen LogP contribution in [0.2, 0.25) is 0 Å². The first-order valence-electron chi connectivity index (χ1n) is 7.98. The van der Waals surface area contributed by atoms with Crippen molar-refractivity contribution in [1.82, 2.24) is 9.88 Å². The molecular formula is C18H22N2O3. The van der Waals surface area contributed by atoms with Crippen molar-refractivity contribution < 1.29 is 9.90 Å². The van der Waals surface area contributed by atoms with Crippen LogP contribution in [0.4, 0.5) is 0 Å². The van der Waals surface area contributed by atoms with Crippen LogP contribution in [0.15, 0.2) is 23.1 Å². The van der Waals surface area contributed by atoms with Crippen molar-refractivity contribution in [2.75, 3.05) is 13.1 Å². The largest absolute Gasteiger partial charge is 0.391 e. The van der Waals surface area contributed by atoms with E-state index in [1.54, 1.807) is 4.90 Å². The molecule has 2 N–H and O–H groups in total. The second-order valence-corrected chi connectivity index (χ2v) is 6.62. The van der Waals surface area contributed by atoms with Gasteiger partial charge in [0.1, 0.15) is 5.56 Å². The highest BCUT2D eigenvalue weighted by Gasteiger charge is 2.29. The number of likely N-dealkylation sites (tertiary alicyclic amines) is 1. The summed E-state index contributed by atoms with van der Waals surface area (Å²) < 4.78 is 0. The number of aromatic nitrogens is 1. The molecule has 1 fully saturated rings. The minimum Gasteiger partial charge on any atom is -0.391 e. The number of aliphatic hydroxyl groups excluding tert-OH is 1. The summed E-state index contributed by atoms with van der Waals surface area (Å²) >= 11 is 0. The first-order chi connectivity index (χ1) is 10.9. The molecule has 122 valence electrons. The number of nitrogens with zero attached hydrogens (tertiary/aromatic N) is 1. The molecule has 1 aliphatic heterocycles. The van der Waals surface area contributed by atoms with Gasteiger partial charge in [-0.25, -0.2) is 0 Å². The summed E-state index contributed by atoms with van der Waals surface area (Å²) in [5.74, 6) is -0.127. The summed E-state index contributed by atoms with van der Waals surface area (Å²) in [6, 6.07) is 3.81. The third kappa shape index (κ3) is 2.77. The van der Waals surface area contributed by atoms with E-state index in [1.807, 2.05) is 32.9 Å². The average molecular weight is 314 g/mol. The Bertz CT molecular complexity index is 825. The fourth-order valence-corrected chi connectivity index (χ4v) is 3.26. The number of nitrogens with one attached hydrogen (secondary N) is 1. The molecule has 0 saturated carbocycles. The van der Waals surface area contributed by atoms with Crippen LogP contribution in [0, 0.1) is 19.8 Å². The van der Waals surface area contributed by atoms with Crippen molar-refractivity contribution in [1.29, 1.82) is 0 Å². The molecule has 0 bridgehead atoms. The van der Waals surface area contributed by atoms with E-state index >= 15 is 0 Å². The Morgan fingerprint density at radius 2 is 2.09 bits per heavy atom. The van der Waals surface area contributed by atoms with Gasteiger partial charge in [0.2, 0.25) is 5.43 Å². The quantitative estimate of drug-likeness (QED) is 0.845. The summed E-state index contributed by atoms with van der Waals surface area (Å²) in [7, 11) is 0. The lowest BCUT2D eigenvalue weighted by Crippen LogP contribution is -2.46. The van der Waals surface area contributed by atoms with E-state index in [1.165, 1.54) is 6.20 Å². The van der Waals surface area contributed by atoms with Crippen LogP contribution < -0.4 is 5.43 Å². The maximum atomic E-state index is 12.7. The van der Waals surface area contributed by atoms with Crippen LogP contribution in [0.3, 0.4) is 0 Å². The standard InChI is InChI=1S/C18H22N2O3/c1-10-6-12(3)16-13(7-10)17(22)14(8-19-16)18(23)20-5-4-11(2)15(21)9-20/h6-8,11,15,21H,4-5,9H2,1-3H3,(H,19,22)/t11-,15-/m1/s1. The Balaban J connectivity index is 2.02. The molecular weight excluding hydrogens is 292 g/mol. The maximum Gasteiger partial charge on any atom is 0.259 e. The molecule has 5 heteroatoms. The van der Waals surface area contributed by atoms with Crippen LogP contribution in [0.25, 0.3) is 10.9 Å². The first-order valence-corrected chi connectivity index (χ1v) is 7.98. The number of pyridine rings is 1. The molecule has 23 heavy (non-hydrogen) atoms. The van der Waals surface area contributed by atoms with Gasteiger partial charge >= 0.3 is 0 Å². The summed E-state index contributed by atoms with van der Waals surface area (Å²) in [4.78, 5) is 30.1. The number of rotatable bonds is 1. The summed E-state index contributed by atoms with van der Waals surface area (Å²) in [6.07, 6.45) is 1.72. The number of aliphatic hydroxyl groups is 1. The molecule has 0 unspecified atom stereocenters. The third-order valence-corrected chi connectivity index (χ3v) is 4.77. The fourth-order valence-electron chi connectivity index (χ4n) is 3.26. The second-order valence-electron chi connectivity index (χ2n) is 6.62. The van der Waals surface area contributed by atoms with Crippen LogP contribution in [0.5, 0.6) is 0 Å². The van der Waals surface area contributed by atoms with Gasteiger partial charge in [-0.3, -0.25) is 9.59 Å². The number of piperidine rings is 1. The molecule has 1 aliphatic rings. The summed E-state index contributed by atoms with van der Waals surface area (Å²) in [5.41, 5.74) is 2.64. The number of amides is 1. The van der Waals surface area contributed by atoms with E-state index in [-0.39, 0.29) is 29.4 Å². The number of fused-ring (bicyclic) bond motifs is 1. The van der Waals surface area contributed by atoms with E-state index < -0.39 is 6.10 Å². The SMILES string of the molecule is Cc1cc(C)c2[nH]cc(C(=O)N3CC[C@@H](C)[C@H](O)C3)c(=O)c2c1. The van der Waals surface area contributed by atoms with Crippen LogP contribution in [0.1, 0.15) is 34.8 Å². The van der Waals surface area contributed by atoms with Crippen LogP contribution in [-0.2, 0) is 0 Å². The zero-order valence-corrected chi connectivity index (χ0v) is 13.7. The number of carbonyl (C=O) groups is 1. The zero-order chi connectivity index (χ0) is 16.7. The topological polar surface area (TPSA) is 73.4 Å². The van der Waals surface area contributed by atoms with Gasteiger partial charge in [0, 0.05) is 24.7 Å². The summed E-state index contributed by atoms with van der Waals surface area (Å²) in [5, 5.41) is 10.5. The van der Waals surface area contributed by atoms with Gasteiger partial charge in [0.25, 0.3) is 5.91 Å². The Morgan fingerprint density at radius 3 is 2.78 bits per heavy atom. The van der Waals surface area contributed by atoms with E-state index in [0.717, 1.165) is 23.1 Å². The van der Waals surface area contributed by atoms with Gasteiger partial charge in [-0.15, -0.1) is 0 Å². The molecule has 5 nitrogen and oxygen atoms in total. The normalized spacial score (nSPS) is 21.7. The van der Waals surface area contributed by atoms with Gasteiger partial charge in [-0.05, 0) is 43.4 Å². The van der Waals surface area contributed by atoms with E-state index in [9.17, 15) is 14.7 Å². The van der Waals surface area contributed by atoms with Crippen LogP contribution in [-0.4, -0.2) is 40.1 Å². The van der Waals surface area contributed by atoms with Gasteiger partial charge < -0.3 is 15.0 Å². The molecule has 1 aromatic carbocycles. The molecule has 3 rings (SSSR count). The number of H-pyrrole nitrogens is 1. The smallest absolute Gasteiger partial charge is 0.259 e. The van der Waals surface area contributed by atoms with Gasteiger partial charge in [0.15, 0.2) is 0 Å². The number of aromatic amines is 1. The highest BCUT2D eigenvalue weighted by Crippen LogP contribution is 2.20. The predicted octanol–water partition coefficient (Wildman–Crippen LogP) is 1.99. The predicted molar refractivity (Wildman–Crippen MR) is 89.7 cm³/mol. The second kappa shape index (κ2) is 5.81. The lowest BCUT2D eigenvalue weighted by molar-refractivity contribution is 0.0248. The molecule has 0 spiro atoms. The van der Waals surface area contributed by atoms with E-state index in [2.05, 4.69) is 4.98 Å². The first kappa shape index (κ1) is 15.7. The molecule has 2 aromatic rings. The van der Waals surface area contributed by atoms with E-state index in [4.69, 9.17) is 0 Å². The number of β-amino-alcohol motifs (C(OH)–C–C–N with tert-alkyl or cyclic N) is 1. The number of carbonyl (C=O) groups excluding carboxylic acids is 1. The number of aryl methyl sites for hydroxylation is 2. The Hall–Kier alpha value is -2.14. The zero-order valence-electron chi connectivity index (χ0n) is 13.7. The lowest BCUT2D eigenvalue weighted by Gasteiger charge is -2.34. The molecule has 1 amide bonds. The van der Waals surface area contributed by atoms with Crippen molar-refractivity contribution in [2.24, 2.45) is 5.92 Å².